The van der Waals surface area contributed by atoms with Crippen molar-refractivity contribution >= 4 is 34.1 Å². The predicted octanol–water partition coefficient (Wildman–Crippen LogP) is 2.79. The number of aryl methyl sites for hydroxylation is 1. The molecule has 0 saturated carbocycles. The second-order valence-electron chi connectivity index (χ2n) is 8.99. The Balaban J connectivity index is 1.19. The molecule has 4 heterocycles. The summed E-state index contributed by atoms with van der Waals surface area (Å²) in [4.78, 5) is 43.2. The SMILES string of the molecule is Cc1cc(Nc2ncc(-c3ccccc3)s2)nc(C2CCN(C(=O)CN3CCNC(=O)C3)CC2)n1. The van der Waals surface area contributed by atoms with Gasteiger partial charge in [-0.15, -0.1) is 0 Å². The first-order chi connectivity index (χ1) is 17.0. The van der Waals surface area contributed by atoms with Crippen LogP contribution in [-0.2, 0) is 9.59 Å². The van der Waals surface area contributed by atoms with Gasteiger partial charge in [-0.25, -0.2) is 15.0 Å². The van der Waals surface area contributed by atoms with Crippen LogP contribution in [0.2, 0.25) is 0 Å². The molecule has 0 radical (unpaired) electrons. The third-order valence-corrected chi connectivity index (χ3v) is 7.32. The van der Waals surface area contributed by atoms with E-state index in [1.807, 2.05) is 47.2 Å². The number of anilines is 2. The van der Waals surface area contributed by atoms with Crippen molar-refractivity contribution in [1.29, 1.82) is 0 Å². The number of carbonyl (C=O) groups is 2. The van der Waals surface area contributed by atoms with Crippen LogP contribution in [0.25, 0.3) is 10.4 Å². The molecule has 2 amide bonds. The number of nitrogens with zero attached hydrogens (tertiary/aromatic N) is 5. The average molecular weight is 492 g/mol. The number of piperidine rings is 1. The molecule has 2 fully saturated rings. The number of thiazole rings is 1. The molecule has 0 unspecified atom stereocenters. The molecule has 182 valence electrons. The van der Waals surface area contributed by atoms with Crippen LogP contribution < -0.4 is 10.6 Å². The first kappa shape index (κ1) is 23.4. The first-order valence-electron chi connectivity index (χ1n) is 11.9. The third kappa shape index (κ3) is 5.83. The Morgan fingerprint density at radius 3 is 2.74 bits per heavy atom. The Labute approximate surface area is 208 Å². The zero-order valence-electron chi connectivity index (χ0n) is 19.7. The second kappa shape index (κ2) is 10.5. The van der Waals surface area contributed by atoms with Gasteiger partial charge in [0.15, 0.2) is 5.13 Å². The molecule has 5 rings (SSSR count). The molecule has 2 saturated heterocycles. The van der Waals surface area contributed by atoms with Crippen LogP contribution in [0.3, 0.4) is 0 Å². The number of benzene rings is 1. The van der Waals surface area contributed by atoms with Gasteiger partial charge in [0.2, 0.25) is 11.8 Å². The number of likely N-dealkylation sites (tertiary alicyclic amines) is 1. The maximum Gasteiger partial charge on any atom is 0.236 e. The fraction of sp³-hybridized carbons (Fsp3) is 0.400. The lowest BCUT2D eigenvalue weighted by Gasteiger charge is -2.34. The minimum absolute atomic E-state index is 0.0159. The molecule has 2 aromatic heterocycles. The molecule has 2 N–H and O–H groups in total. The van der Waals surface area contributed by atoms with E-state index in [1.165, 1.54) is 0 Å². The van der Waals surface area contributed by atoms with Gasteiger partial charge in [-0.1, -0.05) is 41.7 Å². The van der Waals surface area contributed by atoms with E-state index in [9.17, 15) is 9.59 Å². The maximum atomic E-state index is 12.7. The predicted molar refractivity (Wildman–Crippen MR) is 136 cm³/mol. The van der Waals surface area contributed by atoms with E-state index in [4.69, 9.17) is 9.97 Å². The zero-order chi connectivity index (χ0) is 24.2. The molecular weight excluding hydrogens is 462 g/mol. The maximum absolute atomic E-state index is 12.7. The third-order valence-electron chi connectivity index (χ3n) is 6.36. The highest BCUT2D eigenvalue weighted by molar-refractivity contribution is 7.18. The molecule has 0 aliphatic carbocycles. The van der Waals surface area contributed by atoms with Crippen LogP contribution >= 0.6 is 11.3 Å². The lowest BCUT2D eigenvalue weighted by atomic mass is 9.95. The van der Waals surface area contributed by atoms with Gasteiger partial charge in [0.05, 0.1) is 18.0 Å². The quantitative estimate of drug-likeness (QED) is 0.547. The van der Waals surface area contributed by atoms with Crippen LogP contribution in [0.1, 0.15) is 30.3 Å². The minimum Gasteiger partial charge on any atom is -0.354 e. The molecule has 3 aromatic rings. The minimum atomic E-state index is -0.0159. The van der Waals surface area contributed by atoms with Crippen molar-refractivity contribution in [2.75, 3.05) is 44.6 Å². The fourth-order valence-electron chi connectivity index (χ4n) is 4.52. The summed E-state index contributed by atoms with van der Waals surface area (Å²) in [7, 11) is 0. The van der Waals surface area contributed by atoms with E-state index in [2.05, 4.69) is 27.8 Å². The number of nitrogens with one attached hydrogen (secondary N) is 2. The number of hydrogen-bond acceptors (Lipinski definition) is 8. The molecule has 2 aliphatic heterocycles. The van der Waals surface area contributed by atoms with Gasteiger partial charge in [-0.3, -0.25) is 14.5 Å². The summed E-state index contributed by atoms with van der Waals surface area (Å²) in [5.41, 5.74) is 2.04. The Bertz CT molecular complexity index is 1190. The highest BCUT2D eigenvalue weighted by atomic mass is 32.1. The van der Waals surface area contributed by atoms with E-state index < -0.39 is 0 Å². The van der Waals surface area contributed by atoms with Gasteiger partial charge in [0.25, 0.3) is 0 Å². The smallest absolute Gasteiger partial charge is 0.236 e. The fourth-order valence-corrected chi connectivity index (χ4v) is 5.35. The lowest BCUT2D eigenvalue weighted by Crippen LogP contribution is -2.51. The Hall–Kier alpha value is -3.37. The van der Waals surface area contributed by atoms with Crippen molar-refractivity contribution in [1.82, 2.24) is 30.1 Å². The van der Waals surface area contributed by atoms with Gasteiger partial charge >= 0.3 is 0 Å². The van der Waals surface area contributed by atoms with E-state index in [1.54, 1.807) is 11.3 Å². The summed E-state index contributed by atoms with van der Waals surface area (Å²) in [6, 6.07) is 12.1. The first-order valence-corrected chi connectivity index (χ1v) is 12.8. The molecule has 2 aliphatic rings. The second-order valence-corrected chi connectivity index (χ2v) is 10.0. The molecule has 9 nitrogen and oxygen atoms in total. The van der Waals surface area contributed by atoms with Crippen molar-refractivity contribution in [2.24, 2.45) is 0 Å². The number of aromatic nitrogens is 3. The molecule has 0 bridgehead atoms. The monoisotopic (exact) mass is 491 g/mol. The number of carbonyl (C=O) groups excluding carboxylic acids is 2. The number of amides is 2. The van der Waals surface area contributed by atoms with Crippen molar-refractivity contribution < 1.29 is 9.59 Å². The average Bonchev–Trinajstić information content (AvgIpc) is 3.33. The van der Waals surface area contributed by atoms with Gasteiger partial charge in [0, 0.05) is 50.1 Å². The van der Waals surface area contributed by atoms with Crippen molar-refractivity contribution in [3.8, 4) is 10.4 Å². The van der Waals surface area contributed by atoms with Crippen LogP contribution in [-0.4, -0.2) is 75.8 Å². The van der Waals surface area contributed by atoms with E-state index >= 15 is 0 Å². The van der Waals surface area contributed by atoms with Gasteiger partial charge in [0.1, 0.15) is 11.6 Å². The summed E-state index contributed by atoms with van der Waals surface area (Å²) in [5.74, 6) is 1.83. The Morgan fingerprint density at radius 2 is 1.97 bits per heavy atom. The highest BCUT2D eigenvalue weighted by Crippen LogP contribution is 2.31. The summed E-state index contributed by atoms with van der Waals surface area (Å²) in [5, 5.41) is 6.93. The Morgan fingerprint density at radius 1 is 1.17 bits per heavy atom. The van der Waals surface area contributed by atoms with Crippen molar-refractivity contribution in [2.45, 2.75) is 25.7 Å². The van der Waals surface area contributed by atoms with Crippen molar-refractivity contribution in [3.05, 3.63) is 54.1 Å². The van der Waals surface area contributed by atoms with Gasteiger partial charge < -0.3 is 15.5 Å². The number of hydrogen-bond donors (Lipinski definition) is 2. The molecule has 1 aromatic carbocycles. The summed E-state index contributed by atoms with van der Waals surface area (Å²) in [6.07, 6.45) is 3.52. The van der Waals surface area contributed by atoms with Crippen molar-refractivity contribution in [3.63, 3.8) is 0 Å². The van der Waals surface area contributed by atoms with Crippen LogP contribution in [0.15, 0.2) is 42.6 Å². The van der Waals surface area contributed by atoms with E-state index in [-0.39, 0.29) is 17.7 Å². The van der Waals surface area contributed by atoms with E-state index in [0.29, 0.717) is 39.3 Å². The molecule has 35 heavy (non-hydrogen) atoms. The topological polar surface area (TPSA) is 103 Å². The molecule has 0 atom stereocenters. The van der Waals surface area contributed by atoms with Gasteiger partial charge in [-0.05, 0) is 25.3 Å². The number of rotatable bonds is 6. The standard InChI is InChI=1S/C25H29N7O2S/c1-17-13-21(30-25-27-14-20(35-25)18-5-3-2-4-6-18)29-24(28-17)19-7-10-32(11-8-19)23(34)16-31-12-9-26-22(33)15-31/h2-6,13-14,19H,7-12,15-16H2,1H3,(H,26,33)(H,27,28,29,30). The van der Waals surface area contributed by atoms with Gasteiger partial charge in [-0.2, -0.15) is 0 Å². The zero-order valence-corrected chi connectivity index (χ0v) is 20.6. The summed E-state index contributed by atoms with van der Waals surface area (Å²) < 4.78 is 0. The highest BCUT2D eigenvalue weighted by Gasteiger charge is 2.28. The normalized spacial score (nSPS) is 17.3. The molecule has 0 spiro atoms. The molecule has 10 heteroatoms. The largest absolute Gasteiger partial charge is 0.354 e. The van der Waals surface area contributed by atoms with E-state index in [0.717, 1.165) is 45.7 Å². The lowest BCUT2D eigenvalue weighted by molar-refractivity contribution is -0.134. The van der Waals surface area contributed by atoms with Crippen LogP contribution in [0, 0.1) is 6.92 Å². The summed E-state index contributed by atoms with van der Waals surface area (Å²) in [6.45, 7) is 5.23. The summed E-state index contributed by atoms with van der Waals surface area (Å²) >= 11 is 1.59. The Kier molecular flexibility index (Phi) is 7.01. The molecular formula is C25H29N7O2S. The number of piperazine rings is 1. The van der Waals surface area contributed by atoms with Crippen LogP contribution in [0.5, 0.6) is 0 Å². The van der Waals surface area contributed by atoms with Crippen LogP contribution in [0.4, 0.5) is 10.9 Å².